The molecule has 0 heterocycles. The number of halogens is 1. The first-order chi connectivity index (χ1) is 9.20. The number of rotatable bonds is 5. The lowest BCUT2D eigenvalue weighted by Gasteiger charge is -2.15. The van der Waals surface area contributed by atoms with Gasteiger partial charge in [-0.1, -0.05) is 18.5 Å². The molecule has 0 aliphatic heterocycles. The maximum atomic E-state index is 12.1. The third-order valence-electron chi connectivity index (χ3n) is 2.95. The summed E-state index contributed by atoms with van der Waals surface area (Å²) in [6, 6.07) is 4.10. The summed E-state index contributed by atoms with van der Waals surface area (Å²) in [6.07, 6.45) is 0.777. The summed E-state index contributed by atoms with van der Waals surface area (Å²) in [6.45, 7) is 3.81. The number of carbonyl (C=O) groups excluding carboxylic acids is 1. The molecule has 0 unspecified atom stereocenters. The van der Waals surface area contributed by atoms with Gasteiger partial charge in [-0.3, -0.25) is 4.79 Å². The van der Waals surface area contributed by atoms with Gasteiger partial charge in [0.2, 0.25) is 10.0 Å². The van der Waals surface area contributed by atoms with E-state index < -0.39 is 10.0 Å². The zero-order chi connectivity index (χ0) is 15.5. The molecule has 0 saturated heterocycles. The summed E-state index contributed by atoms with van der Waals surface area (Å²) in [5.74, 6) is -0.375. The van der Waals surface area contributed by atoms with Crippen LogP contribution in [-0.4, -0.2) is 38.8 Å². The fourth-order valence-electron chi connectivity index (χ4n) is 1.45. The Bertz CT molecular complexity index is 600. The molecule has 1 atom stereocenters. The van der Waals surface area contributed by atoms with Gasteiger partial charge in [0.05, 0.1) is 15.5 Å². The van der Waals surface area contributed by atoms with E-state index in [1.807, 2.05) is 13.8 Å². The molecule has 0 saturated carbocycles. The van der Waals surface area contributed by atoms with Crippen molar-refractivity contribution in [3.63, 3.8) is 0 Å². The summed E-state index contributed by atoms with van der Waals surface area (Å²) >= 11 is 5.98. The molecule has 7 heteroatoms. The molecule has 5 nitrogen and oxygen atoms in total. The molecule has 0 fully saturated rings. The van der Waals surface area contributed by atoms with Crippen LogP contribution >= 0.6 is 11.6 Å². The number of nitrogens with zero attached hydrogens (tertiary/aromatic N) is 1. The standard InChI is InChI=1S/C13H19ClN2O3S/c1-5-9(2)15-13(17)11-8-10(6-7-12(11)14)20(18,19)16(3)4/h6-9H,5H2,1-4H3,(H,15,17)/t9-/m0/s1. The number of amides is 1. The van der Waals surface area contributed by atoms with Crippen molar-refractivity contribution in [1.82, 2.24) is 9.62 Å². The van der Waals surface area contributed by atoms with Crippen LogP contribution in [0.3, 0.4) is 0 Å². The maximum absolute atomic E-state index is 12.1. The zero-order valence-corrected chi connectivity index (χ0v) is 13.5. The van der Waals surface area contributed by atoms with Gasteiger partial charge in [-0.2, -0.15) is 0 Å². The Balaban J connectivity index is 3.20. The molecule has 0 bridgehead atoms. The van der Waals surface area contributed by atoms with Gasteiger partial charge < -0.3 is 5.32 Å². The first kappa shape index (κ1) is 16.9. The second kappa shape index (κ2) is 6.56. The van der Waals surface area contributed by atoms with Crippen LogP contribution in [0.25, 0.3) is 0 Å². The predicted molar refractivity (Wildman–Crippen MR) is 79.5 cm³/mol. The van der Waals surface area contributed by atoms with Crippen molar-refractivity contribution in [3.05, 3.63) is 28.8 Å². The van der Waals surface area contributed by atoms with E-state index in [2.05, 4.69) is 5.32 Å². The van der Waals surface area contributed by atoms with Gasteiger partial charge in [-0.25, -0.2) is 12.7 Å². The Morgan fingerprint density at radius 1 is 1.40 bits per heavy atom. The SMILES string of the molecule is CC[C@H](C)NC(=O)c1cc(S(=O)(=O)N(C)C)ccc1Cl. The number of benzene rings is 1. The molecule has 1 aromatic carbocycles. The molecule has 1 aromatic rings. The normalized spacial score (nSPS) is 13.3. The molecule has 0 spiro atoms. The fourth-order valence-corrected chi connectivity index (χ4v) is 2.59. The third-order valence-corrected chi connectivity index (χ3v) is 5.09. The lowest BCUT2D eigenvalue weighted by atomic mass is 10.2. The summed E-state index contributed by atoms with van der Waals surface area (Å²) in [5, 5.41) is 2.99. The van der Waals surface area contributed by atoms with E-state index in [1.165, 1.54) is 32.3 Å². The molecular weight excluding hydrogens is 300 g/mol. The average Bonchev–Trinajstić information content (AvgIpc) is 2.38. The minimum absolute atomic E-state index is 0.00678. The van der Waals surface area contributed by atoms with E-state index in [1.54, 1.807) is 0 Å². The van der Waals surface area contributed by atoms with Crippen molar-refractivity contribution in [3.8, 4) is 0 Å². The molecule has 1 N–H and O–H groups in total. The molecule has 0 radical (unpaired) electrons. The van der Waals surface area contributed by atoms with Crippen LogP contribution in [-0.2, 0) is 10.0 Å². The molecule has 1 rings (SSSR count). The first-order valence-electron chi connectivity index (χ1n) is 6.23. The van der Waals surface area contributed by atoms with Crippen LogP contribution in [0.15, 0.2) is 23.1 Å². The average molecular weight is 319 g/mol. The van der Waals surface area contributed by atoms with Crippen LogP contribution in [0, 0.1) is 0 Å². The minimum atomic E-state index is -3.59. The van der Waals surface area contributed by atoms with E-state index >= 15 is 0 Å². The fraction of sp³-hybridized carbons (Fsp3) is 0.462. The van der Waals surface area contributed by atoms with Gasteiger partial charge >= 0.3 is 0 Å². The van der Waals surface area contributed by atoms with Crippen LogP contribution in [0.5, 0.6) is 0 Å². The summed E-state index contributed by atoms with van der Waals surface area (Å²) in [4.78, 5) is 12.1. The van der Waals surface area contributed by atoms with Gasteiger partial charge in [-0.05, 0) is 31.5 Å². The number of nitrogens with one attached hydrogen (secondary N) is 1. The van der Waals surface area contributed by atoms with E-state index in [-0.39, 0.29) is 27.4 Å². The Labute approximate surface area is 125 Å². The molecular formula is C13H19ClN2O3S. The van der Waals surface area contributed by atoms with Gasteiger partial charge in [0.15, 0.2) is 0 Å². The predicted octanol–water partition coefficient (Wildman–Crippen LogP) is 2.12. The zero-order valence-electron chi connectivity index (χ0n) is 12.0. The van der Waals surface area contributed by atoms with Crippen molar-refractivity contribution in [2.45, 2.75) is 31.2 Å². The summed E-state index contributed by atoms with van der Waals surface area (Å²) < 4.78 is 25.2. The van der Waals surface area contributed by atoms with Gasteiger partial charge in [0.25, 0.3) is 5.91 Å². The van der Waals surface area contributed by atoms with E-state index in [4.69, 9.17) is 11.6 Å². The second-order valence-electron chi connectivity index (χ2n) is 4.71. The van der Waals surface area contributed by atoms with Crippen LogP contribution in [0.2, 0.25) is 5.02 Å². The molecule has 112 valence electrons. The van der Waals surface area contributed by atoms with Crippen molar-refractivity contribution in [2.24, 2.45) is 0 Å². The minimum Gasteiger partial charge on any atom is -0.350 e. The highest BCUT2D eigenvalue weighted by atomic mass is 35.5. The second-order valence-corrected chi connectivity index (χ2v) is 7.27. The Morgan fingerprint density at radius 2 is 2.00 bits per heavy atom. The van der Waals surface area contributed by atoms with Crippen LogP contribution in [0.4, 0.5) is 0 Å². The number of hydrogen-bond acceptors (Lipinski definition) is 3. The molecule has 0 aliphatic carbocycles. The third kappa shape index (κ3) is 3.71. The Kier molecular flexibility index (Phi) is 5.56. The first-order valence-corrected chi connectivity index (χ1v) is 8.05. The van der Waals surface area contributed by atoms with Crippen molar-refractivity contribution < 1.29 is 13.2 Å². The van der Waals surface area contributed by atoms with E-state index in [0.717, 1.165) is 10.7 Å². The van der Waals surface area contributed by atoms with Crippen LogP contribution < -0.4 is 5.32 Å². The highest BCUT2D eigenvalue weighted by Gasteiger charge is 2.21. The quantitative estimate of drug-likeness (QED) is 0.904. The van der Waals surface area contributed by atoms with Gasteiger partial charge in [0, 0.05) is 20.1 Å². The van der Waals surface area contributed by atoms with Crippen molar-refractivity contribution in [2.75, 3.05) is 14.1 Å². The largest absolute Gasteiger partial charge is 0.350 e. The number of sulfonamides is 1. The highest BCUT2D eigenvalue weighted by molar-refractivity contribution is 7.89. The maximum Gasteiger partial charge on any atom is 0.253 e. The number of hydrogen-bond donors (Lipinski definition) is 1. The molecule has 1 amide bonds. The molecule has 20 heavy (non-hydrogen) atoms. The van der Waals surface area contributed by atoms with Crippen molar-refractivity contribution >= 4 is 27.5 Å². The van der Waals surface area contributed by atoms with Gasteiger partial charge in [0.1, 0.15) is 0 Å². The highest BCUT2D eigenvalue weighted by Crippen LogP contribution is 2.22. The molecule has 0 aliphatic rings. The number of carbonyl (C=O) groups is 1. The van der Waals surface area contributed by atoms with E-state index in [0.29, 0.717) is 0 Å². The van der Waals surface area contributed by atoms with Crippen LogP contribution in [0.1, 0.15) is 30.6 Å². The van der Waals surface area contributed by atoms with Gasteiger partial charge in [-0.15, -0.1) is 0 Å². The van der Waals surface area contributed by atoms with E-state index in [9.17, 15) is 13.2 Å². The summed E-state index contributed by atoms with van der Waals surface area (Å²) in [5.41, 5.74) is 0.162. The van der Waals surface area contributed by atoms with Crippen molar-refractivity contribution in [1.29, 1.82) is 0 Å². The smallest absolute Gasteiger partial charge is 0.253 e. The lowest BCUT2D eigenvalue weighted by molar-refractivity contribution is 0.0939. The Hall–Kier alpha value is -1.11. The topological polar surface area (TPSA) is 66.5 Å². The lowest BCUT2D eigenvalue weighted by Crippen LogP contribution is -2.32. The summed E-state index contributed by atoms with van der Waals surface area (Å²) in [7, 11) is -0.722. The molecule has 0 aromatic heterocycles. The Morgan fingerprint density at radius 3 is 2.50 bits per heavy atom. The monoisotopic (exact) mass is 318 g/mol.